The first-order chi connectivity index (χ1) is 4.16. The van der Waals surface area contributed by atoms with Crippen LogP contribution in [0.15, 0.2) is 0 Å². The van der Waals surface area contributed by atoms with E-state index >= 15 is 0 Å². The van der Waals surface area contributed by atoms with Crippen molar-refractivity contribution in [3.8, 4) is 0 Å². The molecular formula is C8H15P. The maximum atomic E-state index is 3.07. The Balaban J connectivity index is 2.14. The fraction of sp³-hybridized carbons (Fsp3) is 1.00. The first kappa shape index (κ1) is 6.16. The highest BCUT2D eigenvalue weighted by Crippen LogP contribution is 2.65. The lowest BCUT2D eigenvalue weighted by molar-refractivity contribution is -0.0493. The summed E-state index contributed by atoms with van der Waals surface area (Å²) in [4.78, 5) is 0. The predicted molar refractivity (Wildman–Crippen MR) is 43.5 cm³/mol. The lowest BCUT2D eigenvalue weighted by Gasteiger charge is -2.66. The van der Waals surface area contributed by atoms with E-state index in [9.17, 15) is 0 Å². The molecule has 0 N–H and O–H groups in total. The Hall–Kier alpha value is 0.430. The molecule has 52 valence electrons. The second-order valence-electron chi connectivity index (χ2n) is 3.91. The van der Waals surface area contributed by atoms with Gasteiger partial charge in [-0.15, -0.1) is 9.24 Å². The van der Waals surface area contributed by atoms with Crippen LogP contribution < -0.4 is 0 Å². The summed E-state index contributed by atoms with van der Waals surface area (Å²) in [5.74, 6) is 3.05. The van der Waals surface area contributed by atoms with E-state index in [0.717, 1.165) is 17.8 Å². The molecule has 2 rings (SSSR count). The van der Waals surface area contributed by atoms with E-state index in [1.54, 1.807) is 0 Å². The van der Waals surface area contributed by atoms with Crippen LogP contribution in [0.2, 0.25) is 0 Å². The summed E-state index contributed by atoms with van der Waals surface area (Å²) in [7, 11) is 3.07. The van der Waals surface area contributed by atoms with Crippen molar-refractivity contribution in [3.63, 3.8) is 0 Å². The van der Waals surface area contributed by atoms with Crippen LogP contribution >= 0.6 is 9.24 Å². The molecule has 0 aromatic carbocycles. The molecule has 5 atom stereocenters. The second-order valence-corrected chi connectivity index (χ2v) is 4.98. The smallest absolute Gasteiger partial charge is 0.00911 e. The van der Waals surface area contributed by atoms with Crippen molar-refractivity contribution in [2.45, 2.75) is 31.8 Å². The molecule has 0 spiro atoms. The lowest BCUT2D eigenvalue weighted by atomic mass is 9.47. The van der Waals surface area contributed by atoms with Crippen molar-refractivity contribution in [1.29, 1.82) is 0 Å². The van der Waals surface area contributed by atoms with Crippen molar-refractivity contribution in [2.75, 3.05) is 0 Å². The highest BCUT2D eigenvalue weighted by atomic mass is 31.0. The minimum Gasteiger partial charge on any atom is -0.131 e. The van der Waals surface area contributed by atoms with E-state index in [2.05, 4.69) is 23.1 Å². The van der Waals surface area contributed by atoms with Crippen LogP contribution in [-0.2, 0) is 0 Å². The van der Waals surface area contributed by atoms with E-state index in [1.807, 2.05) is 0 Å². The molecule has 0 bridgehead atoms. The minimum absolute atomic E-state index is 0.708. The number of fused-ring (bicyclic) bond motifs is 1. The van der Waals surface area contributed by atoms with Gasteiger partial charge < -0.3 is 0 Å². The first-order valence-corrected chi connectivity index (χ1v) is 4.53. The number of hydrogen-bond donors (Lipinski definition) is 0. The molecule has 0 saturated heterocycles. The summed E-state index contributed by atoms with van der Waals surface area (Å²) in [5.41, 5.74) is 0. The zero-order valence-corrected chi connectivity index (χ0v) is 7.38. The molecule has 0 amide bonds. The van der Waals surface area contributed by atoms with Gasteiger partial charge in [-0.25, -0.2) is 0 Å². The van der Waals surface area contributed by atoms with Gasteiger partial charge in [-0.05, 0) is 35.8 Å². The molecule has 0 aromatic rings. The Morgan fingerprint density at radius 1 is 1.44 bits per heavy atom. The largest absolute Gasteiger partial charge is 0.131 e. The molecule has 2 saturated carbocycles. The van der Waals surface area contributed by atoms with Crippen LogP contribution in [0.4, 0.5) is 0 Å². The van der Waals surface area contributed by atoms with Gasteiger partial charge in [0, 0.05) is 0 Å². The van der Waals surface area contributed by atoms with Gasteiger partial charge in [0.1, 0.15) is 0 Å². The van der Waals surface area contributed by atoms with Gasteiger partial charge in [0.15, 0.2) is 0 Å². The van der Waals surface area contributed by atoms with Gasteiger partial charge in [-0.1, -0.05) is 13.8 Å². The Morgan fingerprint density at radius 2 is 2.11 bits per heavy atom. The average Bonchev–Trinajstić information content (AvgIpc) is 1.82. The first-order valence-electron chi connectivity index (χ1n) is 3.95. The van der Waals surface area contributed by atoms with Gasteiger partial charge in [0.05, 0.1) is 0 Å². The third-order valence-corrected chi connectivity index (χ3v) is 5.09. The van der Waals surface area contributed by atoms with Crippen molar-refractivity contribution in [1.82, 2.24) is 0 Å². The Labute approximate surface area is 59.6 Å². The van der Waals surface area contributed by atoms with E-state index in [4.69, 9.17) is 0 Å². The predicted octanol–water partition coefficient (Wildman–Crippen LogP) is 2.30. The normalized spacial score (nSPS) is 63.7. The van der Waals surface area contributed by atoms with Gasteiger partial charge in [-0.2, -0.15) is 0 Å². The van der Waals surface area contributed by atoms with E-state index in [1.165, 1.54) is 12.8 Å². The highest BCUT2D eigenvalue weighted by Gasteiger charge is 2.59. The maximum absolute atomic E-state index is 3.07. The molecule has 1 heteroatoms. The summed E-state index contributed by atoms with van der Waals surface area (Å²) >= 11 is 0. The summed E-state index contributed by atoms with van der Waals surface area (Å²) < 4.78 is 0. The molecule has 0 aliphatic heterocycles. The average molecular weight is 142 g/mol. The fourth-order valence-corrected chi connectivity index (χ4v) is 3.62. The SMILES string of the molecule is CC1C(C)C2(P)CCC12. The lowest BCUT2D eigenvalue weighted by Crippen LogP contribution is -2.62. The van der Waals surface area contributed by atoms with E-state index in [0.29, 0.717) is 5.16 Å². The summed E-state index contributed by atoms with van der Waals surface area (Å²) in [5, 5.41) is 0.708. The van der Waals surface area contributed by atoms with Gasteiger partial charge in [-0.3, -0.25) is 0 Å². The van der Waals surface area contributed by atoms with E-state index in [-0.39, 0.29) is 0 Å². The van der Waals surface area contributed by atoms with Crippen LogP contribution in [0.5, 0.6) is 0 Å². The summed E-state index contributed by atoms with van der Waals surface area (Å²) in [6, 6.07) is 0. The summed E-state index contributed by atoms with van der Waals surface area (Å²) in [6.45, 7) is 4.80. The molecule has 2 fully saturated rings. The Kier molecular flexibility index (Phi) is 1.05. The van der Waals surface area contributed by atoms with Crippen LogP contribution in [0.1, 0.15) is 26.7 Å². The Bertz CT molecular complexity index is 136. The zero-order valence-electron chi connectivity index (χ0n) is 6.22. The molecule has 9 heavy (non-hydrogen) atoms. The van der Waals surface area contributed by atoms with Gasteiger partial charge in [0.2, 0.25) is 0 Å². The molecule has 0 heterocycles. The summed E-state index contributed by atoms with van der Waals surface area (Å²) in [6.07, 6.45) is 2.96. The maximum Gasteiger partial charge on any atom is -0.00911 e. The standard InChI is InChI=1S/C8H15P/c1-5-6(2)8(9)4-3-7(5)8/h5-7H,3-4,9H2,1-2H3. The van der Waals surface area contributed by atoms with E-state index < -0.39 is 0 Å². The van der Waals surface area contributed by atoms with Crippen molar-refractivity contribution >= 4 is 9.24 Å². The number of rotatable bonds is 0. The van der Waals surface area contributed by atoms with Crippen molar-refractivity contribution < 1.29 is 0 Å². The molecule has 0 aromatic heterocycles. The zero-order chi connectivity index (χ0) is 6.65. The molecular weight excluding hydrogens is 127 g/mol. The molecule has 0 nitrogen and oxygen atoms in total. The third kappa shape index (κ3) is 0.499. The monoisotopic (exact) mass is 142 g/mol. The van der Waals surface area contributed by atoms with Gasteiger partial charge >= 0.3 is 0 Å². The molecule has 2 aliphatic carbocycles. The van der Waals surface area contributed by atoms with Crippen LogP contribution in [0.3, 0.4) is 0 Å². The quantitative estimate of drug-likeness (QED) is 0.455. The number of hydrogen-bond acceptors (Lipinski definition) is 0. The topological polar surface area (TPSA) is 0 Å². The van der Waals surface area contributed by atoms with Crippen molar-refractivity contribution in [2.24, 2.45) is 17.8 Å². The van der Waals surface area contributed by atoms with Crippen LogP contribution in [-0.4, -0.2) is 5.16 Å². The Morgan fingerprint density at radius 3 is 2.22 bits per heavy atom. The second kappa shape index (κ2) is 1.53. The fourth-order valence-electron chi connectivity index (χ4n) is 2.68. The van der Waals surface area contributed by atoms with Gasteiger partial charge in [0.25, 0.3) is 0 Å². The highest BCUT2D eigenvalue weighted by molar-refractivity contribution is 7.19. The minimum atomic E-state index is 0.708. The third-order valence-electron chi connectivity index (χ3n) is 3.85. The van der Waals surface area contributed by atoms with Crippen LogP contribution in [0.25, 0.3) is 0 Å². The van der Waals surface area contributed by atoms with Crippen LogP contribution in [0, 0.1) is 17.8 Å². The molecule has 0 radical (unpaired) electrons. The molecule has 5 unspecified atom stereocenters. The van der Waals surface area contributed by atoms with Crippen molar-refractivity contribution in [3.05, 3.63) is 0 Å². The molecule has 2 aliphatic rings.